The molecule has 0 saturated carbocycles. The highest BCUT2D eigenvalue weighted by molar-refractivity contribution is 6.34. The molecule has 14 heteroatoms. The Labute approximate surface area is 278 Å². The minimum absolute atomic E-state index is 0.0118. The molecule has 2 aliphatic carbocycles. The largest absolute Gasteiger partial charge is 0.481 e. The van der Waals surface area contributed by atoms with Crippen LogP contribution in [0.3, 0.4) is 0 Å². The van der Waals surface area contributed by atoms with Gasteiger partial charge < -0.3 is 30.5 Å². The van der Waals surface area contributed by atoms with Crippen LogP contribution in [0.4, 0.5) is 5.69 Å². The van der Waals surface area contributed by atoms with Gasteiger partial charge in [-0.25, -0.2) is 9.50 Å². The summed E-state index contributed by atoms with van der Waals surface area (Å²) in [5, 5.41) is 22.8. The number of allylic oxidation sites excluding steroid dienone is 1. The Kier molecular flexibility index (Phi) is 8.05. The van der Waals surface area contributed by atoms with E-state index in [9.17, 15) is 24.3 Å². The molecule has 0 bridgehead atoms. The number of aliphatic carboxylic acids is 1. The highest BCUT2D eigenvalue weighted by Crippen LogP contribution is 2.40. The molecule has 48 heavy (non-hydrogen) atoms. The lowest BCUT2D eigenvalue weighted by Crippen LogP contribution is -2.36. The van der Waals surface area contributed by atoms with Crippen molar-refractivity contribution in [2.45, 2.75) is 32.4 Å². The van der Waals surface area contributed by atoms with E-state index in [1.54, 1.807) is 54.6 Å². The van der Waals surface area contributed by atoms with Crippen LogP contribution in [-0.4, -0.2) is 56.2 Å². The molecule has 0 spiro atoms. The minimum Gasteiger partial charge on any atom is -0.481 e. The number of carboxylic acid groups (broad SMARTS) is 1. The van der Waals surface area contributed by atoms with Crippen LogP contribution in [0.1, 0.15) is 56.7 Å². The number of carbonyl (C=O) groups excluding carboxylic acids is 3. The number of carbonyl (C=O) groups is 4. The van der Waals surface area contributed by atoms with Crippen molar-refractivity contribution < 1.29 is 33.8 Å². The van der Waals surface area contributed by atoms with Gasteiger partial charge in [0.1, 0.15) is 17.0 Å². The third kappa shape index (κ3) is 5.72. The lowest BCUT2D eigenvalue weighted by Gasteiger charge is -2.25. The first-order valence-corrected chi connectivity index (χ1v) is 15.6. The van der Waals surface area contributed by atoms with Gasteiger partial charge >= 0.3 is 5.97 Å². The third-order valence-corrected chi connectivity index (χ3v) is 9.13. The van der Waals surface area contributed by atoms with Crippen LogP contribution < -0.4 is 25.4 Å². The van der Waals surface area contributed by atoms with Crippen molar-refractivity contribution in [3.63, 3.8) is 0 Å². The number of ether oxygens (including phenoxy) is 2. The third-order valence-electron chi connectivity index (χ3n) is 8.80. The number of carboxylic acids is 1. The molecule has 2 unspecified atom stereocenters. The fourth-order valence-electron chi connectivity index (χ4n) is 6.28. The van der Waals surface area contributed by atoms with Crippen molar-refractivity contribution in [2.24, 2.45) is 11.8 Å². The Morgan fingerprint density at radius 1 is 1.04 bits per heavy atom. The number of fused-ring (bicyclic) bond motifs is 2. The first-order chi connectivity index (χ1) is 23.2. The number of hydrogen-bond donors (Lipinski definition) is 4. The van der Waals surface area contributed by atoms with E-state index in [-0.39, 0.29) is 47.9 Å². The second kappa shape index (κ2) is 12.5. The lowest BCUT2D eigenvalue weighted by molar-refractivity contribution is -0.141. The molecular weight excluding hydrogens is 640 g/mol. The molecular formula is C34H29ClN6O7. The topological polar surface area (TPSA) is 173 Å². The number of aromatic nitrogens is 3. The van der Waals surface area contributed by atoms with Gasteiger partial charge in [-0.3, -0.25) is 19.2 Å². The van der Waals surface area contributed by atoms with Crippen LogP contribution in [0, 0.1) is 11.8 Å². The summed E-state index contributed by atoms with van der Waals surface area (Å²) in [6.07, 6.45) is 5.92. The molecule has 13 nitrogen and oxygen atoms in total. The van der Waals surface area contributed by atoms with Crippen LogP contribution in [-0.2, 0) is 11.3 Å². The average Bonchev–Trinajstić information content (AvgIpc) is 3.83. The number of amides is 3. The predicted molar refractivity (Wildman–Crippen MR) is 173 cm³/mol. The smallest absolute Gasteiger partial charge is 0.310 e. The summed E-state index contributed by atoms with van der Waals surface area (Å²) in [6.45, 7) is 2.13. The van der Waals surface area contributed by atoms with Crippen molar-refractivity contribution >= 4 is 46.6 Å². The van der Waals surface area contributed by atoms with Crippen molar-refractivity contribution in [2.75, 3.05) is 12.1 Å². The highest BCUT2D eigenvalue weighted by atomic mass is 35.5. The molecule has 4 N–H and O–H groups in total. The summed E-state index contributed by atoms with van der Waals surface area (Å²) in [5.41, 5.74) is 2.87. The van der Waals surface area contributed by atoms with Crippen LogP contribution >= 0.6 is 11.6 Å². The summed E-state index contributed by atoms with van der Waals surface area (Å²) in [4.78, 5) is 57.0. The predicted octanol–water partition coefficient (Wildman–Crippen LogP) is 4.39. The van der Waals surface area contributed by atoms with Gasteiger partial charge in [-0.2, -0.15) is 5.10 Å². The van der Waals surface area contributed by atoms with E-state index in [0.717, 1.165) is 16.7 Å². The number of halogens is 1. The Bertz CT molecular complexity index is 2070. The summed E-state index contributed by atoms with van der Waals surface area (Å²) in [5.74, 6) is -2.27. The van der Waals surface area contributed by atoms with Gasteiger partial charge in [0.25, 0.3) is 17.7 Å². The lowest BCUT2D eigenvalue weighted by atomic mass is 9.81. The van der Waals surface area contributed by atoms with E-state index in [1.165, 1.54) is 16.8 Å². The zero-order valence-corrected chi connectivity index (χ0v) is 26.3. The molecule has 3 aliphatic rings. The number of para-hydroxylation sites is 1. The van der Waals surface area contributed by atoms with Crippen LogP contribution in [0.25, 0.3) is 5.65 Å². The summed E-state index contributed by atoms with van der Waals surface area (Å²) in [6, 6.07) is 13.0. The fourth-order valence-corrected chi connectivity index (χ4v) is 6.47. The molecule has 244 valence electrons. The number of benzene rings is 2. The summed E-state index contributed by atoms with van der Waals surface area (Å²) < 4.78 is 12.0. The Hall–Kier alpha value is -5.69. The van der Waals surface area contributed by atoms with Gasteiger partial charge in [-0.15, -0.1) is 0 Å². The van der Waals surface area contributed by atoms with E-state index >= 15 is 0 Å². The van der Waals surface area contributed by atoms with Crippen LogP contribution in [0.2, 0.25) is 5.02 Å². The maximum Gasteiger partial charge on any atom is 0.310 e. The van der Waals surface area contributed by atoms with Gasteiger partial charge in [0.05, 0.1) is 28.9 Å². The summed E-state index contributed by atoms with van der Waals surface area (Å²) in [7, 11) is 0. The molecule has 1 aliphatic heterocycles. The van der Waals surface area contributed by atoms with Crippen molar-refractivity contribution in [3.8, 4) is 11.5 Å². The van der Waals surface area contributed by atoms with Crippen molar-refractivity contribution in [1.29, 1.82) is 0 Å². The van der Waals surface area contributed by atoms with Gasteiger partial charge in [0.2, 0.25) is 6.79 Å². The van der Waals surface area contributed by atoms with Gasteiger partial charge in [0, 0.05) is 12.6 Å². The summed E-state index contributed by atoms with van der Waals surface area (Å²) >= 11 is 6.25. The van der Waals surface area contributed by atoms with Crippen LogP contribution in [0.5, 0.6) is 11.5 Å². The highest BCUT2D eigenvalue weighted by Gasteiger charge is 2.36. The fraction of sp³-hybridized carbons (Fsp3) is 0.235. The van der Waals surface area contributed by atoms with Gasteiger partial charge in [0.15, 0.2) is 17.1 Å². The van der Waals surface area contributed by atoms with E-state index in [2.05, 4.69) is 26.0 Å². The van der Waals surface area contributed by atoms with Gasteiger partial charge in [-0.05, 0) is 54.2 Å². The molecule has 0 radical (unpaired) electrons. The molecule has 0 saturated heterocycles. The molecule has 3 heterocycles. The Balaban J connectivity index is 1.19. The number of nitrogens with one attached hydrogen (secondary N) is 3. The monoisotopic (exact) mass is 668 g/mol. The van der Waals surface area contributed by atoms with Crippen LogP contribution in [0.15, 0.2) is 78.0 Å². The van der Waals surface area contributed by atoms with E-state index in [4.69, 9.17) is 21.1 Å². The zero-order chi connectivity index (χ0) is 33.5. The standard InChI is InChI=1S/C34H29ClN6O7/c1-17-19-9-10-24(21(19)8-7-20(17)34(45)46)39-33(44)27-13-26(32(43)36-14-18-6-11-28-29(12-18)48-16-47-28)38-30-22(15-37-41(27)30)31(42)40-25-5-3-2-4-23(25)35/h2-8,11-13,15,17,20,24H,9-10,14,16H2,1H3,(H,36,43)(H,39,44)(H,40,42)(H,45,46)/t17?,20?,24-/m0/s1. The maximum atomic E-state index is 13.9. The first kappa shape index (κ1) is 30.9. The average molecular weight is 669 g/mol. The maximum absolute atomic E-state index is 13.9. The molecule has 7 rings (SSSR count). The van der Waals surface area contributed by atoms with E-state index in [0.29, 0.717) is 35.1 Å². The number of rotatable bonds is 8. The normalized spacial score (nSPS) is 19.2. The molecule has 4 aromatic rings. The number of anilines is 1. The molecule has 3 atom stereocenters. The minimum atomic E-state index is -0.894. The first-order valence-electron chi connectivity index (χ1n) is 15.2. The SMILES string of the molecule is CC1C2=C(C=CC1C(=O)O)[C@@H](NC(=O)c1cc(C(=O)NCc3ccc4c(c3)OCO4)nc3c(C(=O)Nc4ccccc4Cl)cnn13)CC2. The Morgan fingerprint density at radius 3 is 2.67 bits per heavy atom. The molecule has 2 aromatic carbocycles. The second-order valence-electron chi connectivity index (χ2n) is 11.7. The van der Waals surface area contributed by atoms with E-state index < -0.39 is 29.6 Å². The second-order valence-corrected chi connectivity index (χ2v) is 12.1. The van der Waals surface area contributed by atoms with Gasteiger partial charge in [-0.1, -0.05) is 54.4 Å². The molecule has 0 fully saturated rings. The molecule has 3 amide bonds. The number of hydrogen-bond acceptors (Lipinski definition) is 8. The van der Waals surface area contributed by atoms with Crippen molar-refractivity contribution in [1.82, 2.24) is 25.2 Å². The number of nitrogens with zero attached hydrogens (tertiary/aromatic N) is 3. The van der Waals surface area contributed by atoms with Crippen molar-refractivity contribution in [3.05, 3.63) is 106 Å². The quantitative estimate of drug-likeness (QED) is 0.212. The zero-order valence-electron chi connectivity index (χ0n) is 25.5. The molecule has 2 aromatic heterocycles. The Morgan fingerprint density at radius 2 is 1.85 bits per heavy atom. The van der Waals surface area contributed by atoms with E-state index in [1.807, 2.05) is 6.92 Å².